The van der Waals surface area contributed by atoms with Crippen LogP contribution in [0, 0.1) is 28.6 Å². The molecule has 4 aliphatic carbocycles. The summed E-state index contributed by atoms with van der Waals surface area (Å²) in [5.41, 5.74) is 1.08. The summed E-state index contributed by atoms with van der Waals surface area (Å²) >= 11 is 0. The minimum Gasteiger partial charge on any atom is -0.390 e. The predicted molar refractivity (Wildman–Crippen MR) is 84.0 cm³/mol. The largest absolute Gasteiger partial charge is 0.390 e. The molecule has 3 heteroatoms. The van der Waals surface area contributed by atoms with Crippen LogP contribution in [0.3, 0.4) is 0 Å². The van der Waals surface area contributed by atoms with Gasteiger partial charge in [0.2, 0.25) is 0 Å². The van der Waals surface area contributed by atoms with Crippen molar-refractivity contribution in [1.82, 2.24) is 0 Å². The lowest BCUT2D eigenvalue weighted by Crippen LogP contribution is -2.54. The lowest BCUT2D eigenvalue weighted by Gasteiger charge is -2.58. The molecule has 3 fully saturated rings. The van der Waals surface area contributed by atoms with E-state index in [2.05, 4.69) is 19.9 Å². The quantitative estimate of drug-likeness (QED) is 0.671. The van der Waals surface area contributed by atoms with Gasteiger partial charge in [0.15, 0.2) is 0 Å². The number of hydrogen-bond acceptors (Lipinski definition) is 2. The van der Waals surface area contributed by atoms with Gasteiger partial charge in [-0.1, -0.05) is 19.9 Å². The van der Waals surface area contributed by atoms with Crippen LogP contribution in [-0.4, -0.2) is 28.6 Å². The Balaban J connectivity index is 1.72. The molecule has 2 N–H and O–H groups in total. The Morgan fingerprint density at radius 3 is 2.68 bits per heavy atom. The average molecular weight is 308 g/mol. The highest BCUT2D eigenvalue weighted by Gasteiger charge is 2.62. The van der Waals surface area contributed by atoms with E-state index in [4.69, 9.17) is 0 Å². The van der Waals surface area contributed by atoms with E-state index in [1.54, 1.807) is 0 Å². The molecule has 0 aromatic heterocycles. The molecule has 4 aliphatic rings. The Morgan fingerprint density at radius 1 is 1.14 bits per heavy atom. The SMILES string of the molecule is C[C@]12CC[C@H]3[C@@H](C[C@@H](O)C4=CCCC[C@@]43C)[C@@H]1C[C@@H](F)[C@H]2O. The van der Waals surface area contributed by atoms with Crippen LogP contribution in [0.4, 0.5) is 4.39 Å². The van der Waals surface area contributed by atoms with Crippen LogP contribution < -0.4 is 0 Å². The van der Waals surface area contributed by atoms with Gasteiger partial charge < -0.3 is 10.2 Å². The third-order valence-corrected chi connectivity index (χ3v) is 7.97. The third kappa shape index (κ3) is 1.78. The zero-order chi connectivity index (χ0) is 15.7. The highest BCUT2D eigenvalue weighted by atomic mass is 19.1. The Bertz CT molecular complexity index is 504. The van der Waals surface area contributed by atoms with E-state index in [-0.39, 0.29) is 22.9 Å². The van der Waals surface area contributed by atoms with Crippen molar-refractivity contribution in [2.45, 2.75) is 77.2 Å². The molecule has 3 saturated carbocycles. The van der Waals surface area contributed by atoms with E-state index in [9.17, 15) is 14.6 Å². The van der Waals surface area contributed by atoms with Crippen LogP contribution in [0.5, 0.6) is 0 Å². The maximum atomic E-state index is 14.2. The third-order valence-electron chi connectivity index (χ3n) is 7.97. The second-order valence-electron chi connectivity index (χ2n) is 8.84. The maximum absolute atomic E-state index is 14.2. The van der Waals surface area contributed by atoms with E-state index >= 15 is 0 Å². The summed E-state index contributed by atoms with van der Waals surface area (Å²) in [6.45, 7) is 4.41. The average Bonchev–Trinajstić information content (AvgIpc) is 2.71. The number of alkyl halides is 1. The van der Waals surface area contributed by atoms with Gasteiger partial charge in [0.25, 0.3) is 0 Å². The molecular formula is C19H29FO2. The maximum Gasteiger partial charge on any atom is 0.127 e. The summed E-state index contributed by atoms with van der Waals surface area (Å²) < 4.78 is 14.2. The molecule has 0 amide bonds. The smallest absolute Gasteiger partial charge is 0.127 e. The molecule has 124 valence electrons. The highest BCUT2D eigenvalue weighted by molar-refractivity contribution is 5.27. The summed E-state index contributed by atoms with van der Waals surface area (Å²) in [5, 5.41) is 21.1. The number of halogens is 1. The monoisotopic (exact) mass is 308 g/mol. The molecule has 0 aromatic carbocycles. The van der Waals surface area contributed by atoms with E-state index in [0.29, 0.717) is 18.3 Å². The molecule has 0 bridgehead atoms. The Hall–Kier alpha value is -0.410. The van der Waals surface area contributed by atoms with Gasteiger partial charge in [-0.05, 0) is 79.1 Å². The fraction of sp³-hybridized carbons (Fsp3) is 0.895. The molecule has 0 heterocycles. The van der Waals surface area contributed by atoms with Gasteiger partial charge in [-0.3, -0.25) is 0 Å². The minimum atomic E-state index is -1.08. The number of aliphatic hydroxyl groups excluding tert-OH is 2. The van der Waals surface area contributed by atoms with Gasteiger partial charge in [0.1, 0.15) is 6.17 Å². The lowest BCUT2D eigenvalue weighted by molar-refractivity contribution is -0.0967. The molecule has 0 aliphatic heterocycles. The topological polar surface area (TPSA) is 40.5 Å². The van der Waals surface area contributed by atoms with Gasteiger partial charge >= 0.3 is 0 Å². The van der Waals surface area contributed by atoms with Crippen molar-refractivity contribution in [2.75, 3.05) is 0 Å². The molecule has 2 nitrogen and oxygen atoms in total. The van der Waals surface area contributed by atoms with Gasteiger partial charge in [-0.2, -0.15) is 0 Å². The fourth-order valence-corrected chi connectivity index (χ4v) is 6.76. The summed E-state index contributed by atoms with van der Waals surface area (Å²) in [7, 11) is 0. The van der Waals surface area contributed by atoms with Crippen molar-refractivity contribution >= 4 is 0 Å². The molecule has 0 saturated heterocycles. The predicted octanol–water partition coefficient (Wildman–Crippen LogP) is 3.62. The molecule has 22 heavy (non-hydrogen) atoms. The molecule has 0 spiro atoms. The van der Waals surface area contributed by atoms with Crippen LogP contribution in [0.25, 0.3) is 0 Å². The van der Waals surface area contributed by atoms with Crippen LogP contribution in [-0.2, 0) is 0 Å². The number of hydrogen-bond donors (Lipinski definition) is 2. The zero-order valence-corrected chi connectivity index (χ0v) is 13.8. The highest BCUT2D eigenvalue weighted by Crippen LogP contribution is 2.65. The second kappa shape index (κ2) is 4.80. The van der Waals surface area contributed by atoms with Crippen LogP contribution >= 0.6 is 0 Å². The van der Waals surface area contributed by atoms with E-state index in [0.717, 1.165) is 32.1 Å². The Morgan fingerprint density at radius 2 is 1.91 bits per heavy atom. The normalized spacial score (nSPS) is 57.6. The van der Waals surface area contributed by atoms with Crippen molar-refractivity contribution < 1.29 is 14.6 Å². The molecule has 8 atom stereocenters. The molecule has 4 rings (SSSR count). The number of allylic oxidation sites excluding steroid dienone is 1. The van der Waals surface area contributed by atoms with Crippen LogP contribution in [0.2, 0.25) is 0 Å². The lowest BCUT2D eigenvalue weighted by atomic mass is 9.47. The number of rotatable bonds is 0. The summed E-state index contributed by atoms with van der Waals surface area (Å²) in [4.78, 5) is 0. The van der Waals surface area contributed by atoms with E-state index in [1.807, 2.05) is 0 Å². The first-order chi connectivity index (χ1) is 10.4. The Kier molecular flexibility index (Phi) is 3.30. The van der Waals surface area contributed by atoms with Crippen molar-refractivity contribution in [3.8, 4) is 0 Å². The number of fused-ring (bicyclic) bond motifs is 5. The first-order valence-corrected chi connectivity index (χ1v) is 9.08. The van der Waals surface area contributed by atoms with Crippen LogP contribution in [0.1, 0.15) is 58.8 Å². The van der Waals surface area contributed by atoms with Gasteiger partial charge in [-0.15, -0.1) is 0 Å². The van der Waals surface area contributed by atoms with Gasteiger partial charge in [-0.25, -0.2) is 4.39 Å². The summed E-state index contributed by atoms with van der Waals surface area (Å²) in [6.07, 6.45) is 6.73. The van der Waals surface area contributed by atoms with Gasteiger partial charge in [0, 0.05) is 0 Å². The van der Waals surface area contributed by atoms with Gasteiger partial charge in [0.05, 0.1) is 12.2 Å². The molecule has 0 unspecified atom stereocenters. The molecule has 0 radical (unpaired) electrons. The first-order valence-electron chi connectivity index (χ1n) is 9.08. The minimum absolute atomic E-state index is 0.0985. The Labute approximate surface area is 132 Å². The summed E-state index contributed by atoms with van der Waals surface area (Å²) in [6, 6.07) is 0. The molecular weight excluding hydrogens is 279 g/mol. The van der Waals surface area contributed by atoms with Crippen molar-refractivity contribution in [2.24, 2.45) is 28.6 Å². The zero-order valence-electron chi connectivity index (χ0n) is 13.8. The summed E-state index contributed by atoms with van der Waals surface area (Å²) in [5.74, 6) is 1.15. The van der Waals surface area contributed by atoms with E-state index < -0.39 is 12.3 Å². The fourth-order valence-electron chi connectivity index (χ4n) is 6.76. The van der Waals surface area contributed by atoms with Crippen LogP contribution in [0.15, 0.2) is 11.6 Å². The van der Waals surface area contributed by atoms with Crippen molar-refractivity contribution in [1.29, 1.82) is 0 Å². The standard InChI is InChI=1S/C19H29FO2/c1-18-7-4-3-5-13(18)16(21)9-11-12(18)6-8-19(2)14(11)10-15(20)17(19)22/h5,11-12,14-17,21-22H,3-4,6-10H2,1-2H3/t11-,12+,14+,15-,16-,17-,18-,19+/m1/s1. The van der Waals surface area contributed by atoms with Crippen molar-refractivity contribution in [3.05, 3.63) is 11.6 Å². The number of aliphatic hydroxyl groups is 2. The van der Waals surface area contributed by atoms with Crippen molar-refractivity contribution in [3.63, 3.8) is 0 Å². The molecule has 0 aromatic rings. The van der Waals surface area contributed by atoms with E-state index in [1.165, 1.54) is 12.0 Å². The first kappa shape index (κ1) is 15.1. The second-order valence-corrected chi connectivity index (χ2v) is 8.84.